The van der Waals surface area contributed by atoms with Gasteiger partial charge in [-0.2, -0.15) is 0 Å². The molecule has 2 aromatic rings. The highest BCUT2D eigenvalue weighted by Crippen LogP contribution is 2.32. The van der Waals surface area contributed by atoms with Crippen molar-refractivity contribution in [2.24, 2.45) is 5.92 Å². The number of rotatable bonds is 3. The first-order valence-electron chi connectivity index (χ1n) is 7.87. The van der Waals surface area contributed by atoms with Gasteiger partial charge in [0.15, 0.2) is 0 Å². The van der Waals surface area contributed by atoms with Crippen molar-refractivity contribution >= 4 is 35.6 Å². The molecule has 2 aromatic heterocycles. The number of amides is 1. The van der Waals surface area contributed by atoms with E-state index in [0.717, 1.165) is 6.54 Å². The van der Waals surface area contributed by atoms with Crippen molar-refractivity contribution in [3.05, 3.63) is 35.2 Å². The van der Waals surface area contributed by atoms with Gasteiger partial charge in [-0.05, 0) is 44.3 Å². The first-order valence-corrected chi connectivity index (χ1v) is 8.24. The average Bonchev–Trinajstić information content (AvgIpc) is 3.20. The lowest BCUT2D eigenvalue weighted by Crippen LogP contribution is -2.35. The Labute approximate surface area is 146 Å². The van der Waals surface area contributed by atoms with E-state index in [1.54, 1.807) is 29.1 Å². The summed E-state index contributed by atoms with van der Waals surface area (Å²) >= 11 is 6.09. The minimum atomic E-state index is -0.0878. The van der Waals surface area contributed by atoms with Crippen molar-refractivity contribution in [3.63, 3.8) is 0 Å². The largest absolute Gasteiger partial charge is 0.352 e. The Bertz CT molecular complexity index is 717. The standard InChI is InChI=1S/C16H19ClN4O.ClH/c17-12-8-13(15-18-4-7-21(15)10-12)16(22)19-9-11-3-6-20-5-1-2-14(11)20;/h4,7-8,10-11,14H,1-3,5-6,9H2,(H,19,22);1H. The molecule has 5 nitrogen and oxygen atoms in total. The summed E-state index contributed by atoms with van der Waals surface area (Å²) in [7, 11) is 0. The smallest absolute Gasteiger partial charge is 0.255 e. The zero-order chi connectivity index (χ0) is 15.1. The monoisotopic (exact) mass is 354 g/mol. The number of carbonyl (C=O) groups is 1. The second-order valence-corrected chi connectivity index (χ2v) is 6.67. The van der Waals surface area contributed by atoms with Crippen molar-refractivity contribution in [1.82, 2.24) is 19.6 Å². The fourth-order valence-corrected chi connectivity index (χ4v) is 4.12. The molecule has 0 bridgehead atoms. The summed E-state index contributed by atoms with van der Waals surface area (Å²) in [4.78, 5) is 19.3. The normalized spacial score (nSPS) is 23.7. The van der Waals surface area contributed by atoms with Crippen LogP contribution in [-0.4, -0.2) is 45.9 Å². The molecule has 124 valence electrons. The molecule has 0 spiro atoms. The van der Waals surface area contributed by atoms with Gasteiger partial charge >= 0.3 is 0 Å². The van der Waals surface area contributed by atoms with Crippen LogP contribution in [0.2, 0.25) is 5.02 Å². The van der Waals surface area contributed by atoms with E-state index in [-0.39, 0.29) is 18.3 Å². The van der Waals surface area contributed by atoms with Crippen LogP contribution in [0, 0.1) is 5.92 Å². The Hall–Kier alpha value is -1.30. The Morgan fingerprint density at radius 1 is 1.39 bits per heavy atom. The van der Waals surface area contributed by atoms with E-state index in [4.69, 9.17) is 11.6 Å². The van der Waals surface area contributed by atoms with Crippen LogP contribution >= 0.6 is 24.0 Å². The van der Waals surface area contributed by atoms with Gasteiger partial charge in [0.25, 0.3) is 5.91 Å². The molecular formula is C16H20Cl2N4O. The molecule has 0 aromatic carbocycles. The van der Waals surface area contributed by atoms with E-state index in [9.17, 15) is 4.79 Å². The van der Waals surface area contributed by atoms with Gasteiger partial charge in [0.1, 0.15) is 5.65 Å². The lowest BCUT2D eigenvalue weighted by atomic mass is 9.98. The highest BCUT2D eigenvalue weighted by Gasteiger charge is 2.37. The van der Waals surface area contributed by atoms with Crippen LogP contribution in [0.4, 0.5) is 0 Å². The lowest BCUT2D eigenvalue weighted by Gasteiger charge is -2.20. The van der Waals surface area contributed by atoms with E-state index in [0.29, 0.717) is 28.2 Å². The maximum atomic E-state index is 12.5. The number of imidazole rings is 1. The molecule has 0 saturated carbocycles. The van der Waals surface area contributed by atoms with Crippen molar-refractivity contribution in [1.29, 1.82) is 0 Å². The third-order valence-corrected chi connectivity index (χ3v) is 5.18. The molecule has 4 rings (SSSR count). The molecule has 23 heavy (non-hydrogen) atoms. The summed E-state index contributed by atoms with van der Waals surface area (Å²) in [6.45, 7) is 3.13. The number of fused-ring (bicyclic) bond motifs is 2. The number of carbonyl (C=O) groups excluding carboxylic acids is 1. The third kappa shape index (κ3) is 3.05. The van der Waals surface area contributed by atoms with Gasteiger partial charge in [-0.3, -0.25) is 4.79 Å². The fourth-order valence-electron chi connectivity index (χ4n) is 3.91. The molecule has 2 saturated heterocycles. The van der Waals surface area contributed by atoms with E-state index < -0.39 is 0 Å². The van der Waals surface area contributed by atoms with Crippen LogP contribution in [0.3, 0.4) is 0 Å². The molecule has 2 aliphatic rings. The van der Waals surface area contributed by atoms with Crippen molar-refractivity contribution in [3.8, 4) is 0 Å². The summed E-state index contributed by atoms with van der Waals surface area (Å²) in [6.07, 6.45) is 8.97. The third-order valence-electron chi connectivity index (χ3n) is 4.97. The fraction of sp³-hybridized carbons (Fsp3) is 0.500. The second-order valence-electron chi connectivity index (χ2n) is 6.23. The molecule has 1 amide bonds. The quantitative estimate of drug-likeness (QED) is 0.921. The van der Waals surface area contributed by atoms with Crippen molar-refractivity contribution in [2.45, 2.75) is 25.3 Å². The predicted molar refractivity (Wildman–Crippen MR) is 92.5 cm³/mol. The van der Waals surface area contributed by atoms with Crippen LogP contribution in [0.15, 0.2) is 24.7 Å². The Morgan fingerprint density at radius 2 is 2.26 bits per heavy atom. The second kappa shape index (κ2) is 6.67. The lowest BCUT2D eigenvalue weighted by molar-refractivity contribution is 0.0945. The minimum absolute atomic E-state index is 0. The molecule has 0 radical (unpaired) electrons. The molecule has 2 fully saturated rings. The van der Waals surface area contributed by atoms with Gasteiger partial charge in [0.2, 0.25) is 0 Å². The van der Waals surface area contributed by atoms with Gasteiger partial charge in [-0.15, -0.1) is 12.4 Å². The molecule has 7 heteroatoms. The summed E-state index contributed by atoms with van der Waals surface area (Å²) in [6, 6.07) is 2.35. The first kappa shape index (κ1) is 16.6. The van der Waals surface area contributed by atoms with Crippen LogP contribution in [0.5, 0.6) is 0 Å². The zero-order valence-corrected chi connectivity index (χ0v) is 14.3. The zero-order valence-electron chi connectivity index (χ0n) is 12.7. The molecular weight excluding hydrogens is 335 g/mol. The van der Waals surface area contributed by atoms with Crippen molar-refractivity contribution in [2.75, 3.05) is 19.6 Å². The first-order chi connectivity index (χ1) is 10.7. The van der Waals surface area contributed by atoms with Crippen LogP contribution in [-0.2, 0) is 0 Å². The summed E-state index contributed by atoms with van der Waals surface area (Å²) < 4.78 is 1.78. The molecule has 4 heterocycles. The van der Waals surface area contributed by atoms with Gasteiger partial charge in [0.05, 0.1) is 10.6 Å². The molecule has 0 aliphatic carbocycles. The average molecular weight is 355 g/mol. The topological polar surface area (TPSA) is 49.6 Å². The number of halogens is 2. The van der Waals surface area contributed by atoms with Gasteiger partial charge < -0.3 is 14.6 Å². The molecule has 1 N–H and O–H groups in total. The minimum Gasteiger partial charge on any atom is -0.352 e. The number of hydrogen-bond donors (Lipinski definition) is 1. The van der Waals surface area contributed by atoms with E-state index >= 15 is 0 Å². The van der Waals surface area contributed by atoms with Crippen LogP contribution in [0.25, 0.3) is 5.65 Å². The van der Waals surface area contributed by atoms with E-state index in [2.05, 4.69) is 15.2 Å². The van der Waals surface area contributed by atoms with E-state index in [1.807, 2.05) is 0 Å². The van der Waals surface area contributed by atoms with Gasteiger partial charge in [-0.25, -0.2) is 4.98 Å². The Kier molecular flexibility index (Phi) is 4.80. The van der Waals surface area contributed by atoms with Gasteiger partial charge in [-0.1, -0.05) is 11.6 Å². The number of aromatic nitrogens is 2. The summed E-state index contributed by atoms with van der Waals surface area (Å²) in [5, 5.41) is 3.63. The highest BCUT2D eigenvalue weighted by atomic mass is 35.5. The highest BCUT2D eigenvalue weighted by molar-refractivity contribution is 6.31. The Morgan fingerprint density at radius 3 is 3.13 bits per heavy atom. The maximum absolute atomic E-state index is 12.5. The van der Waals surface area contributed by atoms with Crippen molar-refractivity contribution < 1.29 is 4.79 Å². The predicted octanol–water partition coefficient (Wildman–Crippen LogP) is 2.62. The molecule has 2 aliphatic heterocycles. The molecule has 2 unspecified atom stereocenters. The number of nitrogens with one attached hydrogen (secondary N) is 1. The van der Waals surface area contributed by atoms with Crippen LogP contribution in [0.1, 0.15) is 29.6 Å². The number of hydrogen-bond acceptors (Lipinski definition) is 3. The maximum Gasteiger partial charge on any atom is 0.255 e. The summed E-state index contributed by atoms with van der Waals surface area (Å²) in [5.41, 5.74) is 1.19. The number of nitrogens with zero attached hydrogens (tertiary/aromatic N) is 3. The molecule has 2 atom stereocenters. The summed E-state index contributed by atoms with van der Waals surface area (Å²) in [5.74, 6) is 0.483. The van der Waals surface area contributed by atoms with E-state index in [1.165, 1.54) is 32.4 Å². The van der Waals surface area contributed by atoms with Gasteiger partial charge in [0, 0.05) is 31.2 Å². The number of pyridine rings is 1. The SMILES string of the molecule is Cl.O=C(NCC1CCN2CCCC12)c1cc(Cl)cn2ccnc12. The Balaban J connectivity index is 0.00000156. The van der Waals surface area contributed by atoms with Crippen LogP contribution < -0.4 is 5.32 Å².